The number of carbonyl (C=O) groups is 1. The van der Waals surface area contributed by atoms with Crippen molar-refractivity contribution in [2.75, 3.05) is 13.1 Å². The largest absolute Gasteiger partial charge is 0.471 e. The Labute approximate surface area is 98.4 Å². The first-order chi connectivity index (χ1) is 8.03. The summed E-state index contributed by atoms with van der Waals surface area (Å²) >= 11 is 0. The zero-order valence-corrected chi connectivity index (χ0v) is 9.05. The maximum atomic E-state index is 12.2. The van der Waals surface area contributed by atoms with E-state index in [4.69, 9.17) is 5.11 Å². The second kappa shape index (κ2) is 4.94. The van der Waals surface area contributed by atoms with E-state index in [0.29, 0.717) is 4.90 Å². The third kappa shape index (κ3) is 3.50. The van der Waals surface area contributed by atoms with Crippen molar-refractivity contribution < 1.29 is 36.2 Å². The third-order valence-electron chi connectivity index (χ3n) is 2.85. The van der Waals surface area contributed by atoms with Gasteiger partial charge in [0.2, 0.25) is 0 Å². The van der Waals surface area contributed by atoms with E-state index in [2.05, 4.69) is 0 Å². The molecule has 1 fully saturated rings. The summed E-state index contributed by atoms with van der Waals surface area (Å²) in [6.07, 6.45) is -13.0. The molecule has 1 atom stereocenters. The van der Waals surface area contributed by atoms with E-state index in [1.54, 1.807) is 0 Å². The van der Waals surface area contributed by atoms with Gasteiger partial charge in [0.15, 0.2) is 6.10 Å². The maximum Gasteiger partial charge on any atom is 0.471 e. The minimum Gasteiger partial charge on any atom is -0.383 e. The second-order valence-corrected chi connectivity index (χ2v) is 4.11. The summed E-state index contributed by atoms with van der Waals surface area (Å²) in [7, 11) is 0. The summed E-state index contributed by atoms with van der Waals surface area (Å²) in [6, 6.07) is 0. The number of aliphatic hydroxyl groups excluding tert-OH is 1. The van der Waals surface area contributed by atoms with E-state index in [9.17, 15) is 31.1 Å². The van der Waals surface area contributed by atoms with Gasteiger partial charge in [0.25, 0.3) is 0 Å². The van der Waals surface area contributed by atoms with Crippen LogP contribution in [0.5, 0.6) is 0 Å². The van der Waals surface area contributed by atoms with Crippen LogP contribution in [-0.4, -0.2) is 47.5 Å². The molecule has 0 saturated carbocycles. The fourth-order valence-electron chi connectivity index (χ4n) is 1.86. The highest BCUT2D eigenvalue weighted by Crippen LogP contribution is 2.32. The van der Waals surface area contributed by atoms with Crippen LogP contribution < -0.4 is 0 Å². The maximum absolute atomic E-state index is 12.2. The van der Waals surface area contributed by atoms with Gasteiger partial charge in [-0.2, -0.15) is 26.3 Å². The van der Waals surface area contributed by atoms with Crippen LogP contribution in [0.4, 0.5) is 26.3 Å². The minimum atomic E-state index is -5.02. The normalized spacial score (nSPS) is 20.9. The van der Waals surface area contributed by atoms with Crippen molar-refractivity contribution in [3.63, 3.8) is 0 Å². The molecule has 1 N–H and O–H groups in total. The minimum absolute atomic E-state index is 0.303. The molecule has 1 aliphatic heterocycles. The lowest BCUT2D eigenvalue weighted by Gasteiger charge is -2.34. The highest BCUT2D eigenvalue weighted by molar-refractivity contribution is 5.81. The monoisotopic (exact) mass is 279 g/mol. The Morgan fingerprint density at radius 2 is 1.56 bits per heavy atom. The number of nitrogens with zero attached hydrogens (tertiary/aromatic N) is 1. The van der Waals surface area contributed by atoms with Gasteiger partial charge in [-0.15, -0.1) is 0 Å². The Hall–Kier alpha value is -0.990. The van der Waals surface area contributed by atoms with Crippen LogP contribution in [0.15, 0.2) is 0 Å². The first-order valence-electron chi connectivity index (χ1n) is 5.14. The number of rotatable bonds is 1. The third-order valence-corrected chi connectivity index (χ3v) is 2.85. The van der Waals surface area contributed by atoms with Gasteiger partial charge in [0.1, 0.15) is 0 Å². The van der Waals surface area contributed by atoms with Gasteiger partial charge in [-0.25, -0.2) is 0 Å². The Morgan fingerprint density at radius 3 is 1.89 bits per heavy atom. The van der Waals surface area contributed by atoms with Crippen molar-refractivity contribution in [3.05, 3.63) is 0 Å². The molecule has 0 aliphatic carbocycles. The molecule has 106 valence electrons. The quantitative estimate of drug-likeness (QED) is 0.742. The molecule has 18 heavy (non-hydrogen) atoms. The first kappa shape index (κ1) is 15.1. The molecule has 9 heteroatoms. The Kier molecular flexibility index (Phi) is 4.14. The summed E-state index contributed by atoms with van der Waals surface area (Å²) < 4.78 is 72.7. The molecule has 0 bridgehead atoms. The predicted molar refractivity (Wildman–Crippen MR) is 47.4 cm³/mol. The van der Waals surface area contributed by atoms with Crippen LogP contribution in [0, 0.1) is 5.92 Å². The molecule has 1 aliphatic rings. The second-order valence-electron chi connectivity index (χ2n) is 4.11. The van der Waals surface area contributed by atoms with E-state index in [-0.39, 0.29) is 12.8 Å². The van der Waals surface area contributed by atoms with Crippen LogP contribution in [0.2, 0.25) is 0 Å². The van der Waals surface area contributed by atoms with Crippen molar-refractivity contribution in [2.24, 2.45) is 5.92 Å². The molecule has 1 amide bonds. The smallest absolute Gasteiger partial charge is 0.383 e. The predicted octanol–water partition coefficient (Wildman–Crippen LogP) is 1.71. The van der Waals surface area contributed by atoms with E-state index < -0.39 is 43.4 Å². The van der Waals surface area contributed by atoms with Crippen molar-refractivity contribution in [1.29, 1.82) is 0 Å². The molecule has 0 aromatic rings. The van der Waals surface area contributed by atoms with Crippen LogP contribution in [0.1, 0.15) is 12.8 Å². The van der Waals surface area contributed by atoms with Crippen molar-refractivity contribution in [2.45, 2.75) is 31.3 Å². The Bertz CT molecular complexity index is 305. The fourth-order valence-corrected chi connectivity index (χ4v) is 1.86. The van der Waals surface area contributed by atoms with E-state index >= 15 is 0 Å². The van der Waals surface area contributed by atoms with E-state index in [1.807, 2.05) is 0 Å². The van der Waals surface area contributed by atoms with Crippen molar-refractivity contribution in [1.82, 2.24) is 4.90 Å². The van der Waals surface area contributed by atoms with Crippen molar-refractivity contribution in [3.8, 4) is 0 Å². The summed E-state index contributed by atoms with van der Waals surface area (Å²) in [5, 5.41) is 8.94. The average molecular weight is 279 g/mol. The summed E-state index contributed by atoms with van der Waals surface area (Å²) in [4.78, 5) is 11.3. The fraction of sp³-hybridized carbons (Fsp3) is 0.889. The van der Waals surface area contributed by atoms with E-state index in [1.165, 1.54) is 0 Å². The topological polar surface area (TPSA) is 40.5 Å². The number of likely N-dealkylation sites (tertiary alicyclic amines) is 1. The molecule has 1 rings (SSSR count). The molecule has 0 spiro atoms. The molecule has 0 aromatic carbocycles. The van der Waals surface area contributed by atoms with Crippen LogP contribution in [0.25, 0.3) is 0 Å². The number of aliphatic hydroxyl groups is 1. The summed E-state index contributed by atoms with van der Waals surface area (Å²) in [5.74, 6) is -3.22. The molecule has 1 heterocycles. The van der Waals surface area contributed by atoms with Crippen LogP contribution in [0.3, 0.4) is 0 Å². The first-order valence-corrected chi connectivity index (χ1v) is 5.14. The van der Waals surface area contributed by atoms with Gasteiger partial charge < -0.3 is 10.0 Å². The number of piperidine rings is 1. The number of halogens is 6. The van der Waals surface area contributed by atoms with Gasteiger partial charge in [0.05, 0.1) is 0 Å². The number of hydrogen-bond acceptors (Lipinski definition) is 2. The highest BCUT2D eigenvalue weighted by Gasteiger charge is 2.47. The van der Waals surface area contributed by atoms with Gasteiger partial charge in [-0.1, -0.05) is 0 Å². The SMILES string of the molecule is O=C(N1CCC([C@@H](O)C(F)(F)F)CC1)C(F)(F)F. The standard InChI is InChI=1S/C9H11F6NO2/c10-8(11,12)6(17)5-1-3-16(4-2-5)7(18)9(13,14)15/h5-6,17H,1-4H2/t6-/m1/s1. The van der Waals surface area contributed by atoms with E-state index in [0.717, 1.165) is 0 Å². The number of carbonyl (C=O) groups excluding carboxylic acids is 1. The number of hydrogen-bond donors (Lipinski definition) is 1. The molecule has 0 unspecified atom stereocenters. The number of alkyl halides is 6. The lowest BCUT2D eigenvalue weighted by Crippen LogP contribution is -2.48. The molecule has 0 radical (unpaired) electrons. The van der Waals surface area contributed by atoms with Gasteiger partial charge in [-0.3, -0.25) is 4.79 Å². The Morgan fingerprint density at radius 1 is 1.11 bits per heavy atom. The highest BCUT2D eigenvalue weighted by atomic mass is 19.4. The molecule has 3 nitrogen and oxygen atoms in total. The van der Waals surface area contributed by atoms with Gasteiger partial charge in [0, 0.05) is 13.1 Å². The summed E-state index contributed by atoms with van der Waals surface area (Å²) in [6.45, 7) is -0.869. The van der Waals surface area contributed by atoms with Crippen molar-refractivity contribution >= 4 is 5.91 Å². The zero-order valence-electron chi connectivity index (χ0n) is 9.05. The number of amides is 1. The van der Waals surface area contributed by atoms with Gasteiger partial charge in [-0.05, 0) is 18.8 Å². The average Bonchev–Trinajstić information content (AvgIpc) is 2.25. The summed E-state index contributed by atoms with van der Waals surface area (Å²) in [5.41, 5.74) is 0. The molecular weight excluding hydrogens is 268 g/mol. The molecule has 1 saturated heterocycles. The Balaban J connectivity index is 2.54. The van der Waals surface area contributed by atoms with Gasteiger partial charge >= 0.3 is 18.3 Å². The van der Waals surface area contributed by atoms with Crippen LogP contribution in [-0.2, 0) is 4.79 Å². The lowest BCUT2D eigenvalue weighted by atomic mass is 9.91. The lowest BCUT2D eigenvalue weighted by molar-refractivity contribution is -0.224. The zero-order chi connectivity index (χ0) is 14.1. The molecular formula is C9H11F6NO2. The van der Waals surface area contributed by atoms with Crippen LogP contribution >= 0.6 is 0 Å². The molecule has 0 aromatic heterocycles.